The van der Waals surface area contributed by atoms with E-state index in [1.807, 2.05) is 0 Å². The summed E-state index contributed by atoms with van der Waals surface area (Å²) in [4.78, 5) is 0. The molecule has 31 valence electrons. The Morgan fingerprint density at radius 3 is 2.14 bits per heavy atom. The van der Waals surface area contributed by atoms with Gasteiger partial charge in [-0.05, 0) is 6.08 Å². The van der Waals surface area contributed by atoms with Crippen molar-refractivity contribution in [2.45, 2.75) is 0 Å². The quantitative estimate of drug-likeness (QED) is 0.383. The van der Waals surface area contributed by atoms with Gasteiger partial charge in [-0.2, -0.15) is 0 Å². The van der Waals surface area contributed by atoms with E-state index < -0.39 is 0 Å². The lowest BCUT2D eigenvalue weighted by atomic mass is 10.3. The van der Waals surface area contributed by atoms with E-state index in [1.165, 1.54) is 0 Å². The van der Waals surface area contributed by atoms with E-state index >= 15 is 0 Å². The average molecular weight is 87.1 g/mol. The Balaban J connectivity index is 2.50. The maximum absolute atomic E-state index is 4.97. The van der Waals surface area contributed by atoms with Crippen LogP contribution in [-0.2, 0) is 0 Å². The highest BCUT2D eigenvalue weighted by molar-refractivity contribution is 5.68. The normalized spacial score (nSPS) is 16.6. The molecule has 0 heteroatoms. The Kier molecular flexibility index (Phi) is 0.675. The first-order valence-electron chi connectivity index (χ1n) is 1.90. The molecular weight excluding hydrogens is 84.1 g/mol. The second-order valence-electron chi connectivity index (χ2n) is 1.26. The topological polar surface area (TPSA) is 0 Å². The highest BCUT2D eigenvalue weighted by Crippen LogP contribution is 2.28. The molecule has 0 unspecified atom stereocenters. The SMILES string of the molecule is C#C[C]1C=C1C#C. The molecule has 0 amide bonds. The van der Waals surface area contributed by atoms with E-state index in [0.717, 1.165) is 11.5 Å². The highest BCUT2D eigenvalue weighted by atomic mass is 14.2. The molecular formula is C7H3. The van der Waals surface area contributed by atoms with Crippen molar-refractivity contribution in [1.82, 2.24) is 0 Å². The predicted molar refractivity (Wildman–Crippen MR) is 29.0 cm³/mol. The van der Waals surface area contributed by atoms with Gasteiger partial charge in [-0.15, -0.1) is 12.8 Å². The Bertz CT molecular complexity index is 183. The second kappa shape index (κ2) is 1.17. The van der Waals surface area contributed by atoms with Crippen LogP contribution >= 0.6 is 0 Å². The van der Waals surface area contributed by atoms with Gasteiger partial charge >= 0.3 is 0 Å². The summed E-state index contributed by atoms with van der Waals surface area (Å²) in [5.74, 6) is 5.72. The minimum Gasteiger partial charge on any atom is -0.119 e. The Labute approximate surface area is 43.2 Å². The van der Waals surface area contributed by atoms with Crippen LogP contribution in [0.5, 0.6) is 0 Å². The van der Waals surface area contributed by atoms with Crippen LogP contribution in [0.3, 0.4) is 0 Å². The molecule has 0 bridgehead atoms. The van der Waals surface area contributed by atoms with Gasteiger partial charge in [-0.25, -0.2) is 0 Å². The van der Waals surface area contributed by atoms with E-state index in [4.69, 9.17) is 12.8 Å². The van der Waals surface area contributed by atoms with Gasteiger partial charge < -0.3 is 0 Å². The number of terminal acetylenes is 2. The minimum absolute atomic E-state index is 0.877. The summed E-state index contributed by atoms with van der Waals surface area (Å²) in [6.07, 6.45) is 11.7. The fourth-order valence-electron chi connectivity index (χ4n) is 0.347. The van der Waals surface area contributed by atoms with Gasteiger partial charge in [0.1, 0.15) is 5.92 Å². The molecule has 0 atom stereocenters. The van der Waals surface area contributed by atoms with Crippen LogP contribution in [0.4, 0.5) is 0 Å². The van der Waals surface area contributed by atoms with Crippen molar-refractivity contribution in [3.63, 3.8) is 0 Å². The standard InChI is InChI=1S/C7H3/c1-3-6-5-7(6)4-2/h1-2,5H. The van der Waals surface area contributed by atoms with Crippen LogP contribution in [0.1, 0.15) is 0 Å². The molecule has 1 aliphatic carbocycles. The molecule has 0 aromatic carbocycles. The van der Waals surface area contributed by atoms with Gasteiger partial charge in [-0.1, -0.05) is 11.8 Å². The largest absolute Gasteiger partial charge is 0.119 e. The van der Waals surface area contributed by atoms with Crippen LogP contribution in [0.25, 0.3) is 0 Å². The summed E-state index contributed by atoms with van der Waals surface area (Å²) in [7, 11) is 0. The fraction of sp³-hybridized carbons (Fsp3) is 0. The summed E-state index contributed by atoms with van der Waals surface area (Å²) in [6, 6.07) is 0. The fourth-order valence-corrected chi connectivity index (χ4v) is 0.347. The van der Waals surface area contributed by atoms with Crippen LogP contribution in [0, 0.1) is 30.6 Å². The van der Waals surface area contributed by atoms with E-state index in [-0.39, 0.29) is 0 Å². The first kappa shape index (κ1) is 4.03. The molecule has 0 heterocycles. The third-order valence-electron chi connectivity index (χ3n) is 0.807. The molecule has 1 aliphatic rings. The van der Waals surface area contributed by atoms with Crippen LogP contribution in [0.2, 0.25) is 0 Å². The molecule has 0 N–H and O–H groups in total. The Morgan fingerprint density at radius 2 is 2.00 bits per heavy atom. The molecule has 1 radical (unpaired) electrons. The monoisotopic (exact) mass is 87.0 g/mol. The van der Waals surface area contributed by atoms with E-state index in [1.54, 1.807) is 6.08 Å². The van der Waals surface area contributed by atoms with Gasteiger partial charge in [0.05, 0.1) is 0 Å². The van der Waals surface area contributed by atoms with Crippen molar-refractivity contribution in [3.8, 4) is 24.7 Å². The Hall–Kier alpha value is -1.14. The molecule has 0 aromatic rings. The van der Waals surface area contributed by atoms with Crippen LogP contribution in [0.15, 0.2) is 11.6 Å². The van der Waals surface area contributed by atoms with Crippen molar-refractivity contribution in [2.24, 2.45) is 0 Å². The van der Waals surface area contributed by atoms with Crippen molar-refractivity contribution in [1.29, 1.82) is 0 Å². The van der Waals surface area contributed by atoms with Gasteiger partial charge in [0.2, 0.25) is 0 Å². The first-order chi connectivity index (χ1) is 3.38. The van der Waals surface area contributed by atoms with E-state index in [9.17, 15) is 0 Å². The zero-order valence-electron chi connectivity index (χ0n) is 3.73. The lowest BCUT2D eigenvalue weighted by Gasteiger charge is -1.69. The lowest BCUT2D eigenvalue weighted by molar-refractivity contribution is 1.78. The Morgan fingerprint density at radius 1 is 1.29 bits per heavy atom. The van der Waals surface area contributed by atoms with Crippen molar-refractivity contribution >= 4 is 0 Å². The molecule has 0 saturated carbocycles. The molecule has 0 spiro atoms. The zero-order valence-corrected chi connectivity index (χ0v) is 3.73. The second-order valence-corrected chi connectivity index (χ2v) is 1.26. The summed E-state index contributed by atoms with van der Waals surface area (Å²) >= 11 is 0. The summed E-state index contributed by atoms with van der Waals surface area (Å²) < 4.78 is 0. The number of rotatable bonds is 0. The molecule has 1 rings (SSSR count). The molecule has 0 aromatic heterocycles. The van der Waals surface area contributed by atoms with Gasteiger partial charge in [-0.3, -0.25) is 0 Å². The van der Waals surface area contributed by atoms with Crippen LogP contribution in [-0.4, -0.2) is 0 Å². The zero-order chi connectivity index (χ0) is 5.28. The smallest absolute Gasteiger partial charge is 0.108 e. The summed E-state index contributed by atoms with van der Waals surface area (Å²) in [5.41, 5.74) is 0.877. The maximum atomic E-state index is 4.97. The van der Waals surface area contributed by atoms with Gasteiger partial charge in [0.25, 0.3) is 0 Å². The number of hydrogen-bond acceptors (Lipinski definition) is 0. The highest BCUT2D eigenvalue weighted by Gasteiger charge is 2.20. The summed E-state index contributed by atoms with van der Waals surface area (Å²) in [5, 5.41) is 0. The maximum Gasteiger partial charge on any atom is 0.108 e. The van der Waals surface area contributed by atoms with E-state index in [0.29, 0.717) is 0 Å². The lowest BCUT2D eigenvalue weighted by Crippen LogP contribution is -1.63. The van der Waals surface area contributed by atoms with Crippen LogP contribution < -0.4 is 0 Å². The molecule has 0 aliphatic heterocycles. The minimum atomic E-state index is 0.877. The third-order valence-corrected chi connectivity index (χ3v) is 0.807. The number of hydrogen-bond donors (Lipinski definition) is 0. The van der Waals surface area contributed by atoms with E-state index in [2.05, 4.69) is 11.8 Å². The average Bonchev–Trinajstić information content (AvgIpc) is 2.43. The molecule has 7 heavy (non-hydrogen) atoms. The van der Waals surface area contributed by atoms with Crippen molar-refractivity contribution in [2.75, 3.05) is 0 Å². The predicted octanol–water partition coefficient (Wildman–Crippen LogP) is 0.767. The van der Waals surface area contributed by atoms with Gasteiger partial charge in [0.15, 0.2) is 0 Å². The first-order valence-corrected chi connectivity index (χ1v) is 1.90. The molecule has 0 fully saturated rings. The van der Waals surface area contributed by atoms with Crippen molar-refractivity contribution < 1.29 is 0 Å². The number of allylic oxidation sites excluding steroid dienone is 2. The third kappa shape index (κ3) is 0.506. The molecule has 0 nitrogen and oxygen atoms in total. The summed E-state index contributed by atoms with van der Waals surface area (Å²) in [6.45, 7) is 0. The van der Waals surface area contributed by atoms with Gasteiger partial charge in [0, 0.05) is 5.57 Å². The molecule has 0 saturated heterocycles. The van der Waals surface area contributed by atoms with Crippen molar-refractivity contribution in [3.05, 3.63) is 17.6 Å².